The molecule has 0 amide bonds. The number of carboxylic acid groups (broad SMARTS) is 1. The predicted molar refractivity (Wildman–Crippen MR) is 58.9 cm³/mol. The first kappa shape index (κ1) is 11.3. The van der Waals surface area contributed by atoms with E-state index in [0.717, 1.165) is 0 Å². The highest BCUT2D eigenvalue weighted by Gasteiger charge is 2.43. The number of thioether (sulfide) groups is 1. The standard InChI is InChI=1S/C7H9BrClNO2S/c1-2-7(3-4(11)12)5(9)13-6(8)10-7/h5H,2-3H2,1H3,(H,11,12). The Balaban J connectivity index is 2.85. The molecule has 0 saturated heterocycles. The summed E-state index contributed by atoms with van der Waals surface area (Å²) in [6.45, 7) is 1.90. The van der Waals surface area contributed by atoms with E-state index in [4.69, 9.17) is 16.7 Å². The van der Waals surface area contributed by atoms with Crippen LogP contribution in [0.25, 0.3) is 0 Å². The van der Waals surface area contributed by atoms with Gasteiger partial charge in [0.2, 0.25) is 0 Å². The maximum absolute atomic E-state index is 10.6. The summed E-state index contributed by atoms with van der Waals surface area (Å²) in [6, 6.07) is 0. The molecule has 0 fully saturated rings. The second-order valence-electron chi connectivity index (χ2n) is 2.83. The van der Waals surface area contributed by atoms with E-state index in [0.29, 0.717) is 10.4 Å². The van der Waals surface area contributed by atoms with Gasteiger partial charge in [-0.3, -0.25) is 9.79 Å². The highest BCUT2D eigenvalue weighted by atomic mass is 79.9. The van der Waals surface area contributed by atoms with Gasteiger partial charge in [-0.05, 0) is 22.4 Å². The Morgan fingerprint density at radius 1 is 1.92 bits per heavy atom. The van der Waals surface area contributed by atoms with Gasteiger partial charge in [0.05, 0.1) is 12.0 Å². The average Bonchev–Trinajstić information content (AvgIpc) is 2.26. The summed E-state index contributed by atoms with van der Waals surface area (Å²) in [4.78, 5) is 14.9. The van der Waals surface area contributed by atoms with E-state index in [1.54, 1.807) is 0 Å². The Morgan fingerprint density at radius 3 is 2.85 bits per heavy atom. The van der Waals surface area contributed by atoms with Gasteiger partial charge in [0.25, 0.3) is 0 Å². The Kier molecular flexibility index (Phi) is 3.65. The van der Waals surface area contributed by atoms with Crippen LogP contribution in [0, 0.1) is 0 Å². The van der Waals surface area contributed by atoms with E-state index in [-0.39, 0.29) is 11.1 Å². The molecule has 0 aromatic rings. The van der Waals surface area contributed by atoms with Crippen molar-refractivity contribution in [2.75, 3.05) is 0 Å². The van der Waals surface area contributed by atoms with Crippen LogP contribution in [-0.2, 0) is 4.79 Å². The van der Waals surface area contributed by atoms with Crippen LogP contribution >= 0.6 is 39.3 Å². The second-order valence-corrected chi connectivity index (χ2v) is 5.89. The molecule has 0 spiro atoms. The lowest BCUT2D eigenvalue weighted by molar-refractivity contribution is -0.138. The first-order valence-electron chi connectivity index (χ1n) is 3.78. The van der Waals surface area contributed by atoms with Crippen molar-refractivity contribution in [3.05, 3.63) is 0 Å². The zero-order valence-electron chi connectivity index (χ0n) is 6.96. The SMILES string of the molecule is CCC1(CC(=O)O)N=C(Br)SC1Cl. The molecular formula is C7H9BrClNO2S. The summed E-state index contributed by atoms with van der Waals surface area (Å²) in [6.07, 6.45) is 0.620. The quantitative estimate of drug-likeness (QED) is 0.812. The highest BCUT2D eigenvalue weighted by Crippen LogP contribution is 2.44. The molecule has 2 unspecified atom stereocenters. The van der Waals surface area contributed by atoms with E-state index in [9.17, 15) is 4.79 Å². The van der Waals surface area contributed by atoms with Crippen LogP contribution in [0.15, 0.2) is 4.99 Å². The molecule has 1 aliphatic rings. The van der Waals surface area contributed by atoms with Crippen molar-refractivity contribution in [2.24, 2.45) is 4.99 Å². The third-order valence-electron chi connectivity index (χ3n) is 2.00. The van der Waals surface area contributed by atoms with Gasteiger partial charge in [-0.15, -0.1) is 11.6 Å². The van der Waals surface area contributed by atoms with Crippen molar-refractivity contribution in [2.45, 2.75) is 30.0 Å². The summed E-state index contributed by atoms with van der Waals surface area (Å²) in [7, 11) is 0. The number of aliphatic carboxylic acids is 1. The third kappa shape index (κ3) is 2.39. The number of aliphatic imine (C=N–C) groups is 1. The van der Waals surface area contributed by atoms with Crippen LogP contribution in [0.4, 0.5) is 0 Å². The molecule has 0 saturated carbocycles. The monoisotopic (exact) mass is 285 g/mol. The van der Waals surface area contributed by atoms with Crippen LogP contribution in [0.1, 0.15) is 19.8 Å². The number of carboxylic acids is 1. The first-order valence-corrected chi connectivity index (χ1v) is 5.89. The number of nitrogens with zero attached hydrogens (tertiary/aromatic N) is 1. The van der Waals surface area contributed by atoms with Crippen molar-refractivity contribution in [1.82, 2.24) is 0 Å². The smallest absolute Gasteiger partial charge is 0.305 e. The minimum Gasteiger partial charge on any atom is -0.481 e. The van der Waals surface area contributed by atoms with Gasteiger partial charge in [-0.1, -0.05) is 18.7 Å². The maximum atomic E-state index is 10.6. The summed E-state index contributed by atoms with van der Waals surface area (Å²) >= 11 is 10.6. The molecule has 0 aromatic carbocycles. The molecule has 2 atom stereocenters. The number of halogens is 2. The molecule has 0 aromatic heterocycles. The van der Waals surface area contributed by atoms with Gasteiger partial charge in [0.15, 0.2) is 0 Å². The Bertz CT molecular complexity index is 261. The minimum absolute atomic E-state index is 0.0141. The Morgan fingerprint density at radius 2 is 2.54 bits per heavy atom. The Labute approximate surface area is 94.1 Å². The highest BCUT2D eigenvalue weighted by molar-refractivity contribution is 9.22. The molecule has 13 heavy (non-hydrogen) atoms. The lowest BCUT2D eigenvalue weighted by Crippen LogP contribution is -2.34. The summed E-state index contributed by atoms with van der Waals surface area (Å²) < 4.78 is 0.401. The summed E-state index contributed by atoms with van der Waals surface area (Å²) in [5.41, 5.74) is -0.642. The third-order valence-corrected chi connectivity index (χ3v) is 4.35. The molecule has 0 radical (unpaired) electrons. The molecular weight excluding hydrogens is 278 g/mol. The molecule has 1 aliphatic heterocycles. The minimum atomic E-state index is -0.862. The largest absolute Gasteiger partial charge is 0.481 e. The van der Waals surface area contributed by atoms with Gasteiger partial charge in [-0.25, -0.2) is 0 Å². The van der Waals surface area contributed by atoms with Crippen molar-refractivity contribution in [1.29, 1.82) is 0 Å². The van der Waals surface area contributed by atoms with Crippen LogP contribution in [0.5, 0.6) is 0 Å². The van der Waals surface area contributed by atoms with Gasteiger partial charge in [0, 0.05) is 0 Å². The number of hydrogen-bond acceptors (Lipinski definition) is 3. The number of rotatable bonds is 3. The molecule has 0 aliphatic carbocycles. The van der Waals surface area contributed by atoms with Crippen molar-refractivity contribution < 1.29 is 9.90 Å². The van der Waals surface area contributed by atoms with Crippen molar-refractivity contribution in [3.8, 4) is 0 Å². The van der Waals surface area contributed by atoms with Gasteiger partial charge >= 0.3 is 5.97 Å². The van der Waals surface area contributed by atoms with E-state index in [1.165, 1.54) is 11.8 Å². The maximum Gasteiger partial charge on any atom is 0.305 e. The molecule has 1 N–H and O–H groups in total. The molecule has 3 nitrogen and oxygen atoms in total. The fourth-order valence-corrected chi connectivity index (χ4v) is 3.89. The fourth-order valence-electron chi connectivity index (χ4n) is 1.19. The number of hydrogen-bond donors (Lipinski definition) is 1. The number of alkyl halides is 1. The van der Waals surface area contributed by atoms with Gasteiger partial charge < -0.3 is 5.11 Å². The van der Waals surface area contributed by atoms with Crippen LogP contribution in [-0.4, -0.2) is 25.3 Å². The molecule has 1 rings (SSSR count). The first-order chi connectivity index (χ1) is 6.00. The second kappa shape index (κ2) is 4.19. The Hall–Kier alpha value is 0.260. The van der Waals surface area contributed by atoms with Crippen molar-refractivity contribution >= 4 is 49.2 Å². The van der Waals surface area contributed by atoms with Crippen molar-refractivity contribution in [3.63, 3.8) is 0 Å². The topological polar surface area (TPSA) is 49.7 Å². The molecule has 6 heteroatoms. The summed E-state index contributed by atoms with van der Waals surface area (Å²) in [5.74, 6) is -0.862. The molecule has 1 heterocycles. The van der Waals surface area contributed by atoms with E-state index in [2.05, 4.69) is 20.9 Å². The average molecular weight is 287 g/mol. The lowest BCUT2D eigenvalue weighted by atomic mass is 9.95. The zero-order chi connectivity index (χ0) is 10.1. The van der Waals surface area contributed by atoms with E-state index < -0.39 is 11.5 Å². The lowest BCUT2D eigenvalue weighted by Gasteiger charge is -2.25. The molecule has 74 valence electrons. The normalized spacial score (nSPS) is 33.2. The van der Waals surface area contributed by atoms with Crippen LogP contribution in [0.2, 0.25) is 0 Å². The van der Waals surface area contributed by atoms with Gasteiger partial charge in [0.1, 0.15) is 8.66 Å². The van der Waals surface area contributed by atoms with Crippen LogP contribution < -0.4 is 0 Å². The zero-order valence-corrected chi connectivity index (χ0v) is 10.1. The van der Waals surface area contributed by atoms with E-state index in [1.807, 2.05) is 6.92 Å². The fraction of sp³-hybridized carbons (Fsp3) is 0.714. The van der Waals surface area contributed by atoms with Crippen LogP contribution in [0.3, 0.4) is 0 Å². The number of carbonyl (C=O) groups is 1. The van der Waals surface area contributed by atoms with Gasteiger partial charge in [-0.2, -0.15) is 0 Å². The summed E-state index contributed by atoms with van der Waals surface area (Å²) in [5, 5.41) is 8.72. The predicted octanol–water partition coefficient (Wildman–Crippen LogP) is 2.67. The van der Waals surface area contributed by atoms with E-state index >= 15 is 0 Å². The molecule has 0 bridgehead atoms.